The summed E-state index contributed by atoms with van der Waals surface area (Å²) >= 11 is 12.0. The van der Waals surface area contributed by atoms with Gasteiger partial charge in [0.1, 0.15) is 5.60 Å². The van der Waals surface area contributed by atoms with Crippen LogP contribution >= 0.6 is 23.2 Å². The maximum Gasteiger partial charge on any atom is 0.127 e. The van der Waals surface area contributed by atoms with E-state index in [2.05, 4.69) is 5.32 Å². The van der Waals surface area contributed by atoms with Crippen LogP contribution in [0.1, 0.15) is 16.7 Å². The fourth-order valence-electron chi connectivity index (χ4n) is 2.84. The van der Waals surface area contributed by atoms with Crippen LogP contribution in [0.2, 0.25) is 10.0 Å². The first-order valence-electron chi connectivity index (χ1n) is 8.07. The zero-order chi connectivity index (χ0) is 17.7. The summed E-state index contributed by atoms with van der Waals surface area (Å²) in [5.74, 6) is 0. The lowest BCUT2D eigenvalue weighted by Gasteiger charge is -2.30. The lowest BCUT2D eigenvalue weighted by Crippen LogP contribution is -2.39. The molecule has 0 saturated heterocycles. The van der Waals surface area contributed by atoms with E-state index in [0.717, 1.165) is 16.7 Å². The number of hydrogen-bond acceptors (Lipinski definition) is 2. The van der Waals surface area contributed by atoms with Crippen molar-refractivity contribution in [1.82, 2.24) is 5.32 Å². The van der Waals surface area contributed by atoms with Crippen molar-refractivity contribution < 1.29 is 5.11 Å². The van der Waals surface area contributed by atoms with Crippen molar-refractivity contribution in [2.24, 2.45) is 0 Å². The molecule has 0 amide bonds. The monoisotopic (exact) mass is 371 g/mol. The molecule has 4 heteroatoms. The minimum Gasteiger partial charge on any atom is -0.379 e. The standard InChI is InChI=1S/C21H19Cl2NO/c22-19-11-9-18(10-12-19)21(25,17-6-2-1-3-7-17)15-24-14-16-5-4-8-20(23)13-16/h1-13,24-25H,14-15H2/t21-/m0/s1. The van der Waals surface area contributed by atoms with E-state index in [0.29, 0.717) is 23.1 Å². The lowest BCUT2D eigenvalue weighted by molar-refractivity contribution is 0.0796. The van der Waals surface area contributed by atoms with Crippen LogP contribution in [0.15, 0.2) is 78.9 Å². The van der Waals surface area contributed by atoms with E-state index >= 15 is 0 Å². The molecule has 0 heterocycles. The predicted molar refractivity (Wildman–Crippen MR) is 104 cm³/mol. The third kappa shape index (κ3) is 4.42. The molecular formula is C21H19Cl2NO. The Kier molecular flexibility index (Phi) is 5.77. The third-order valence-corrected chi connectivity index (χ3v) is 4.66. The molecule has 2 N–H and O–H groups in total. The van der Waals surface area contributed by atoms with Gasteiger partial charge in [-0.05, 0) is 41.0 Å². The molecule has 0 aliphatic heterocycles. The average molecular weight is 372 g/mol. The topological polar surface area (TPSA) is 32.3 Å². The van der Waals surface area contributed by atoms with Crippen molar-refractivity contribution in [3.63, 3.8) is 0 Å². The largest absolute Gasteiger partial charge is 0.379 e. The van der Waals surface area contributed by atoms with Crippen LogP contribution in [-0.2, 0) is 12.1 Å². The Hall–Kier alpha value is -1.84. The first-order chi connectivity index (χ1) is 12.1. The molecule has 0 spiro atoms. The Bertz CT molecular complexity index is 821. The predicted octanol–water partition coefficient (Wildman–Crippen LogP) is 5.02. The fourth-order valence-corrected chi connectivity index (χ4v) is 3.18. The van der Waals surface area contributed by atoms with E-state index in [-0.39, 0.29) is 0 Å². The number of benzene rings is 3. The zero-order valence-electron chi connectivity index (χ0n) is 13.6. The van der Waals surface area contributed by atoms with Crippen LogP contribution in [0, 0.1) is 0 Å². The Balaban J connectivity index is 1.83. The molecular weight excluding hydrogens is 353 g/mol. The second kappa shape index (κ2) is 8.03. The first kappa shape index (κ1) is 18.0. The second-order valence-electron chi connectivity index (χ2n) is 5.97. The number of hydrogen-bond donors (Lipinski definition) is 2. The molecule has 0 saturated carbocycles. The van der Waals surface area contributed by atoms with Crippen LogP contribution in [0.5, 0.6) is 0 Å². The Morgan fingerprint density at radius 2 is 1.44 bits per heavy atom. The average Bonchev–Trinajstić information content (AvgIpc) is 2.63. The van der Waals surface area contributed by atoms with Crippen LogP contribution in [-0.4, -0.2) is 11.7 Å². The summed E-state index contributed by atoms with van der Waals surface area (Å²) in [6, 6.07) is 24.6. The quantitative estimate of drug-likeness (QED) is 0.637. The van der Waals surface area contributed by atoms with Crippen molar-refractivity contribution in [1.29, 1.82) is 0 Å². The first-order valence-corrected chi connectivity index (χ1v) is 8.83. The molecule has 0 aliphatic carbocycles. The van der Waals surface area contributed by atoms with Gasteiger partial charge < -0.3 is 10.4 Å². The highest BCUT2D eigenvalue weighted by Gasteiger charge is 2.31. The van der Waals surface area contributed by atoms with Gasteiger partial charge in [-0.1, -0.05) is 77.8 Å². The van der Waals surface area contributed by atoms with Gasteiger partial charge in [0.2, 0.25) is 0 Å². The summed E-state index contributed by atoms with van der Waals surface area (Å²) in [4.78, 5) is 0. The van der Waals surface area contributed by atoms with E-state index in [9.17, 15) is 5.11 Å². The highest BCUT2D eigenvalue weighted by atomic mass is 35.5. The van der Waals surface area contributed by atoms with Crippen molar-refractivity contribution >= 4 is 23.2 Å². The van der Waals surface area contributed by atoms with Crippen molar-refractivity contribution in [3.8, 4) is 0 Å². The van der Waals surface area contributed by atoms with E-state index in [1.54, 1.807) is 12.1 Å². The van der Waals surface area contributed by atoms with E-state index in [4.69, 9.17) is 23.2 Å². The van der Waals surface area contributed by atoms with Gasteiger partial charge in [0.05, 0.1) is 0 Å². The zero-order valence-corrected chi connectivity index (χ0v) is 15.1. The molecule has 0 radical (unpaired) electrons. The summed E-state index contributed by atoms with van der Waals surface area (Å²) in [6.07, 6.45) is 0. The number of aliphatic hydroxyl groups is 1. The molecule has 128 valence electrons. The summed E-state index contributed by atoms with van der Waals surface area (Å²) in [5.41, 5.74) is 1.54. The van der Waals surface area contributed by atoms with Gasteiger partial charge in [-0.2, -0.15) is 0 Å². The van der Waals surface area contributed by atoms with Crippen LogP contribution in [0.4, 0.5) is 0 Å². The molecule has 0 fully saturated rings. The Morgan fingerprint density at radius 1 is 0.760 bits per heavy atom. The third-order valence-electron chi connectivity index (χ3n) is 4.17. The maximum atomic E-state index is 11.4. The van der Waals surface area contributed by atoms with Gasteiger partial charge in [-0.15, -0.1) is 0 Å². The molecule has 3 aromatic rings. The molecule has 3 rings (SSSR count). The van der Waals surface area contributed by atoms with Gasteiger partial charge in [0, 0.05) is 23.1 Å². The second-order valence-corrected chi connectivity index (χ2v) is 6.84. The summed E-state index contributed by atoms with van der Waals surface area (Å²) < 4.78 is 0. The van der Waals surface area contributed by atoms with Gasteiger partial charge in [0.25, 0.3) is 0 Å². The minimum atomic E-state index is -1.15. The number of rotatable bonds is 6. The fraction of sp³-hybridized carbons (Fsp3) is 0.143. The molecule has 2 nitrogen and oxygen atoms in total. The number of nitrogens with one attached hydrogen (secondary N) is 1. The molecule has 3 aromatic carbocycles. The van der Waals surface area contributed by atoms with E-state index < -0.39 is 5.60 Å². The van der Waals surface area contributed by atoms with Gasteiger partial charge >= 0.3 is 0 Å². The highest BCUT2D eigenvalue weighted by Crippen LogP contribution is 2.30. The summed E-state index contributed by atoms with van der Waals surface area (Å²) in [6.45, 7) is 0.981. The normalized spacial score (nSPS) is 13.4. The van der Waals surface area contributed by atoms with Crippen LogP contribution < -0.4 is 5.32 Å². The Morgan fingerprint density at radius 3 is 2.12 bits per heavy atom. The lowest BCUT2D eigenvalue weighted by atomic mass is 9.86. The van der Waals surface area contributed by atoms with Crippen LogP contribution in [0.25, 0.3) is 0 Å². The smallest absolute Gasteiger partial charge is 0.127 e. The SMILES string of the molecule is O[C@@](CNCc1cccc(Cl)c1)(c1ccccc1)c1ccc(Cl)cc1. The minimum absolute atomic E-state index is 0.366. The number of halogens is 2. The van der Waals surface area contributed by atoms with E-state index in [1.165, 1.54) is 0 Å². The summed E-state index contributed by atoms with van der Waals surface area (Å²) in [7, 11) is 0. The summed E-state index contributed by atoms with van der Waals surface area (Å²) in [5, 5.41) is 16.1. The molecule has 25 heavy (non-hydrogen) atoms. The van der Waals surface area contributed by atoms with Gasteiger partial charge in [-0.25, -0.2) is 0 Å². The molecule has 1 atom stereocenters. The molecule has 0 aliphatic rings. The van der Waals surface area contributed by atoms with E-state index in [1.807, 2.05) is 66.7 Å². The Labute approximate surface area is 158 Å². The molecule has 0 unspecified atom stereocenters. The van der Waals surface area contributed by atoms with Gasteiger partial charge in [-0.3, -0.25) is 0 Å². The highest BCUT2D eigenvalue weighted by molar-refractivity contribution is 6.30. The van der Waals surface area contributed by atoms with Gasteiger partial charge in [0.15, 0.2) is 0 Å². The maximum absolute atomic E-state index is 11.4. The van der Waals surface area contributed by atoms with Crippen molar-refractivity contribution in [3.05, 3.63) is 106 Å². The van der Waals surface area contributed by atoms with Crippen molar-refractivity contribution in [2.45, 2.75) is 12.1 Å². The van der Waals surface area contributed by atoms with Crippen LogP contribution in [0.3, 0.4) is 0 Å². The molecule has 0 aromatic heterocycles. The molecule has 0 bridgehead atoms. The van der Waals surface area contributed by atoms with Crippen molar-refractivity contribution in [2.75, 3.05) is 6.54 Å².